The first-order valence-corrected chi connectivity index (χ1v) is 11.3. The summed E-state index contributed by atoms with van der Waals surface area (Å²) in [5.41, 5.74) is 5.57. The van der Waals surface area contributed by atoms with Crippen LogP contribution in [0.2, 0.25) is 0 Å². The molecule has 1 aliphatic heterocycles. The third-order valence-corrected chi connectivity index (χ3v) is 6.51. The number of nitrogens with one attached hydrogen (secondary N) is 2. The van der Waals surface area contributed by atoms with E-state index in [0.717, 1.165) is 12.8 Å². The Kier molecular flexibility index (Phi) is 6.67. The van der Waals surface area contributed by atoms with Gasteiger partial charge in [0.1, 0.15) is 22.7 Å². The number of carbonyl (C=O) groups excluding carboxylic acids is 3. The van der Waals surface area contributed by atoms with Crippen LogP contribution in [0.3, 0.4) is 0 Å². The molecule has 2 amide bonds. The number of nitrogens with zero attached hydrogens (tertiary/aromatic N) is 2. The number of ether oxygens (including phenoxy) is 1. The van der Waals surface area contributed by atoms with Crippen molar-refractivity contribution in [2.24, 2.45) is 5.92 Å². The lowest BCUT2D eigenvalue weighted by molar-refractivity contribution is -0.124. The largest absolute Gasteiger partial charge is 0.465 e. The predicted octanol–water partition coefficient (Wildman–Crippen LogP) is 1.88. The zero-order chi connectivity index (χ0) is 24.3. The van der Waals surface area contributed by atoms with Gasteiger partial charge in [-0.2, -0.15) is 0 Å². The first kappa shape index (κ1) is 23.5. The molecule has 4 rings (SSSR count). The van der Waals surface area contributed by atoms with Crippen LogP contribution < -0.4 is 21.3 Å². The number of aromatic nitrogens is 1. The minimum absolute atomic E-state index is 0.0579. The number of carbonyl (C=O) groups is 3. The van der Waals surface area contributed by atoms with E-state index in [4.69, 9.17) is 10.5 Å². The topological polar surface area (TPSA) is 127 Å². The van der Waals surface area contributed by atoms with E-state index in [-0.39, 0.29) is 28.8 Å². The van der Waals surface area contributed by atoms with Crippen molar-refractivity contribution in [3.05, 3.63) is 53.5 Å². The lowest BCUT2D eigenvalue weighted by atomic mass is 9.95. The Morgan fingerprint density at radius 3 is 2.59 bits per heavy atom. The lowest BCUT2D eigenvalue weighted by Crippen LogP contribution is -2.50. The molecular formula is C24H28FN5O4. The van der Waals surface area contributed by atoms with E-state index in [1.807, 2.05) is 4.90 Å². The fourth-order valence-electron chi connectivity index (χ4n) is 4.29. The standard InChI is InChI=1S/C24H28FN5O4/c1-34-22(32)19-17(25)5-2-6-18(19)30-12-7-15(8-13-30)14-28-23(33)24(9-10-24)29-21(31)16-4-3-11-27-20(16)26/h2-6,11,15H,7-10,12-14H2,1H3,(H2,26,27)(H,28,33)(H,29,31). The summed E-state index contributed by atoms with van der Waals surface area (Å²) in [6.45, 7) is 1.72. The Labute approximate surface area is 196 Å². The summed E-state index contributed by atoms with van der Waals surface area (Å²) in [4.78, 5) is 43.3. The van der Waals surface area contributed by atoms with Crippen LogP contribution in [0, 0.1) is 11.7 Å². The first-order chi connectivity index (χ1) is 16.3. The molecule has 0 radical (unpaired) electrons. The molecule has 0 atom stereocenters. The molecule has 0 bridgehead atoms. The van der Waals surface area contributed by atoms with Crippen molar-refractivity contribution >= 4 is 29.3 Å². The molecule has 0 spiro atoms. The van der Waals surface area contributed by atoms with E-state index in [0.29, 0.717) is 38.2 Å². The van der Waals surface area contributed by atoms with Gasteiger partial charge in [0, 0.05) is 25.8 Å². The number of methoxy groups -OCH3 is 1. The number of hydrogen-bond donors (Lipinski definition) is 3. The van der Waals surface area contributed by atoms with E-state index in [2.05, 4.69) is 15.6 Å². The highest BCUT2D eigenvalue weighted by Gasteiger charge is 2.51. The molecule has 1 aliphatic carbocycles. The van der Waals surface area contributed by atoms with Crippen molar-refractivity contribution in [3.63, 3.8) is 0 Å². The van der Waals surface area contributed by atoms with Gasteiger partial charge in [-0.25, -0.2) is 14.2 Å². The monoisotopic (exact) mass is 469 g/mol. The maximum Gasteiger partial charge on any atom is 0.342 e. The number of pyridine rings is 1. The SMILES string of the molecule is COC(=O)c1c(F)cccc1N1CCC(CNC(=O)C2(NC(=O)c3cccnc3N)CC2)CC1. The molecule has 10 heteroatoms. The van der Waals surface area contributed by atoms with Crippen LogP contribution in [0.4, 0.5) is 15.9 Å². The highest BCUT2D eigenvalue weighted by atomic mass is 19.1. The number of hydrogen-bond acceptors (Lipinski definition) is 7. The molecule has 180 valence electrons. The summed E-state index contributed by atoms with van der Waals surface area (Å²) < 4.78 is 19.0. The Hall–Kier alpha value is -3.69. The van der Waals surface area contributed by atoms with Gasteiger partial charge in [-0.3, -0.25) is 9.59 Å². The molecule has 0 unspecified atom stereocenters. The van der Waals surface area contributed by atoms with Crippen molar-refractivity contribution in [3.8, 4) is 0 Å². The second kappa shape index (κ2) is 9.66. The summed E-state index contributed by atoms with van der Waals surface area (Å²) >= 11 is 0. The van der Waals surface area contributed by atoms with Crippen molar-refractivity contribution < 1.29 is 23.5 Å². The molecule has 4 N–H and O–H groups in total. The number of piperidine rings is 1. The Morgan fingerprint density at radius 2 is 1.94 bits per heavy atom. The van der Waals surface area contributed by atoms with Gasteiger partial charge in [0.2, 0.25) is 5.91 Å². The quantitative estimate of drug-likeness (QED) is 0.529. The maximum atomic E-state index is 14.3. The lowest BCUT2D eigenvalue weighted by Gasteiger charge is -2.34. The van der Waals surface area contributed by atoms with Gasteiger partial charge in [0.05, 0.1) is 18.4 Å². The van der Waals surface area contributed by atoms with Crippen LogP contribution in [0.1, 0.15) is 46.4 Å². The number of halogens is 1. The minimum atomic E-state index is -0.906. The molecule has 2 fully saturated rings. The Bertz CT molecular complexity index is 1100. The first-order valence-electron chi connectivity index (χ1n) is 11.3. The van der Waals surface area contributed by atoms with Gasteiger partial charge in [-0.15, -0.1) is 0 Å². The molecule has 34 heavy (non-hydrogen) atoms. The number of nitrogen functional groups attached to an aromatic ring is 1. The van der Waals surface area contributed by atoms with Crippen molar-refractivity contribution in [2.45, 2.75) is 31.2 Å². The van der Waals surface area contributed by atoms with E-state index in [1.165, 1.54) is 19.4 Å². The molecule has 1 aromatic heterocycles. The van der Waals surface area contributed by atoms with Crippen molar-refractivity contribution in [2.75, 3.05) is 37.4 Å². The summed E-state index contributed by atoms with van der Waals surface area (Å²) in [6, 6.07) is 7.73. The number of rotatable bonds is 7. The number of benzene rings is 1. The average Bonchev–Trinajstić information content (AvgIpc) is 3.63. The molecule has 1 saturated heterocycles. The molecule has 1 aromatic carbocycles. The predicted molar refractivity (Wildman–Crippen MR) is 124 cm³/mol. The summed E-state index contributed by atoms with van der Waals surface area (Å²) in [7, 11) is 1.23. The van der Waals surface area contributed by atoms with Gasteiger partial charge in [0.25, 0.3) is 5.91 Å². The highest BCUT2D eigenvalue weighted by molar-refractivity contribution is 6.03. The molecule has 2 aliphatic rings. The Morgan fingerprint density at radius 1 is 1.21 bits per heavy atom. The molecular weight excluding hydrogens is 441 g/mol. The second-order valence-electron chi connectivity index (χ2n) is 8.74. The molecule has 2 aromatic rings. The van der Waals surface area contributed by atoms with Gasteiger partial charge in [0.15, 0.2) is 0 Å². The van der Waals surface area contributed by atoms with Crippen LogP contribution in [-0.2, 0) is 9.53 Å². The fraction of sp³-hybridized carbons (Fsp3) is 0.417. The normalized spacial score (nSPS) is 17.1. The van der Waals surface area contributed by atoms with Gasteiger partial charge in [-0.05, 0) is 55.9 Å². The Balaban J connectivity index is 1.30. The van der Waals surface area contributed by atoms with Crippen LogP contribution in [0.15, 0.2) is 36.5 Å². The third-order valence-electron chi connectivity index (χ3n) is 6.51. The van der Waals surface area contributed by atoms with Crippen LogP contribution in [0.5, 0.6) is 0 Å². The van der Waals surface area contributed by atoms with E-state index >= 15 is 0 Å². The zero-order valence-electron chi connectivity index (χ0n) is 19.0. The van der Waals surface area contributed by atoms with Crippen molar-refractivity contribution in [1.29, 1.82) is 0 Å². The van der Waals surface area contributed by atoms with E-state index < -0.39 is 23.2 Å². The van der Waals surface area contributed by atoms with E-state index in [1.54, 1.807) is 24.3 Å². The highest BCUT2D eigenvalue weighted by Crippen LogP contribution is 2.36. The average molecular weight is 470 g/mol. The summed E-state index contributed by atoms with van der Waals surface area (Å²) in [6.07, 6.45) is 4.17. The number of nitrogens with two attached hydrogens (primary N) is 1. The zero-order valence-corrected chi connectivity index (χ0v) is 19.0. The van der Waals surface area contributed by atoms with Crippen molar-refractivity contribution in [1.82, 2.24) is 15.6 Å². The second-order valence-corrected chi connectivity index (χ2v) is 8.74. The van der Waals surface area contributed by atoms with Gasteiger partial charge >= 0.3 is 5.97 Å². The van der Waals surface area contributed by atoms with Gasteiger partial charge < -0.3 is 26.0 Å². The molecule has 9 nitrogen and oxygen atoms in total. The summed E-state index contributed by atoms with van der Waals surface area (Å²) in [5.74, 6) is -1.57. The van der Waals surface area contributed by atoms with Crippen LogP contribution in [-0.4, -0.2) is 55.1 Å². The number of anilines is 2. The smallest absolute Gasteiger partial charge is 0.342 e. The van der Waals surface area contributed by atoms with Crippen LogP contribution in [0.25, 0.3) is 0 Å². The fourth-order valence-corrected chi connectivity index (χ4v) is 4.29. The van der Waals surface area contributed by atoms with Crippen LogP contribution >= 0.6 is 0 Å². The minimum Gasteiger partial charge on any atom is -0.465 e. The summed E-state index contributed by atoms with van der Waals surface area (Å²) in [5, 5.41) is 5.79. The number of esters is 1. The van der Waals surface area contributed by atoms with Gasteiger partial charge in [-0.1, -0.05) is 6.07 Å². The molecule has 2 heterocycles. The molecule has 1 saturated carbocycles. The third kappa shape index (κ3) is 4.80. The maximum absolute atomic E-state index is 14.3. The number of amides is 2. The van der Waals surface area contributed by atoms with E-state index in [9.17, 15) is 18.8 Å².